The average Bonchev–Trinajstić information content (AvgIpc) is 2.94. The number of ether oxygens (including phenoxy) is 2. The zero-order valence-corrected chi connectivity index (χ0v) is 10.5. The molecule has 0 radical (unpaired) electrons. The molecule has 0 aliphatic carbocycles. The third-order valence-corrected chi connectivity index (χ3v) is 4.81. The van der Waals surface area contributed by atoms with Crippen molar-refractivity contribution in [2.75, 3.05) is 13.2 Å². The first-order valence-corrected chi connectivity index (χ1v) is 6.55. The van der Waals surface area contributed by atoms with Gasteiger partial charge < -0.3 is 19.5 Å². The maximum absolute atomic E-state index is 12.5. The molecule has 1 amide bonds. The van der Waals surface area contributed by atoms with Crippen LogP contribution in [0, 0.1) is 11.8 Å². The van der Waals surface area contributed by atoms with Gasteiger partial charge >= 0.3 is 5.97 Å². The van der Waals surface area contributed by atoms with E-state index in [4.69, 9.17) is 9.47 Å². The summed E-state index contributed by atoms with van der Waals surface area (Å²) >= 11 is 0. The van der Waals surface area contributed by atoms with Gasteiger partial charge in [0.15, 0.2) is 6.23 Å². The monoisotopic (exact) mass is 265 g/mol. The Bertz CT molecular complexity index is 517. The molecule has 3 saturated heterocycles. The second-order valence-corrected chi connectivity index (χ2v) is 5.87. The van der Waals surface area contributed by atoms with Crippen LogP contribution in [0.4, 0.5) is 0 Å². The van der Waals surface area contributed by atoms with Gasteiger partial charge in [-0.2, -0.15) is 0 Å². The molecule has 2 bridgehead atoms. The highest BCUT2D eigenvalue weighted by atomic mass is 16.6. The van der Waals surface area contributed by atoms with Gasteiger partial charge in [-0.1, -0.05) is 6.08 Å². The maximum atomic E-state index is 12.5. The van der Waals surface area contributed by atoms with Crippen molar-refractivity contribution >= 4 is 11.9 Å². The van der Waals surface area contributed by atoms with Gasteiger partial charge in [-0.05, 0) is 19.4 Å². The number of amides is 1. The number of hydrogen-bond acceptors (Lipinski definition) is 4. The van der Waals surface area contributed by atoms with E-state index in [0.717, 1.165) is 6.42 Å². The predicted molar refractivity (Wildman–Crippen MR) is 62.0 cm³/mol. The van der Waals surface area contributed by atoms with E-state index in [1.54, 1.807) is 17.9 Å². The summed E-state index contributed by atoms with van der Waals surface area (Å²) in [5, 5.41) is 9.47. The van der Waals surface area contributed by atoms with E-state index in [9.17, 15) is 14.7 Å². The largest absolute Gasteiger partial charge is 0.481 e. The van der Waals surface area contributed by atoms with Gasteiger partial charge in [0.25, 0.3) is 0 Å². The number of rotatable bonds is 1. The minimum atomic E-state index is -0.980. The Morgan fingerprint density at radius 3 is 3.05 bits per heavy atom. The number of carboxylic acids is 1. The molecule has 4 rings (SSSR count). The Morgan fingerprint density at radius 2 is 2.32 bits per heavy atom. The molecule has 4 aliphatic rings. The van der Waals surface area contributed by atoms with Crippen molar-refractivity contribution in [2.24, 2.45) is 11.8 Å². The van der Waals surface area contributed by atoms with Crippen molar-refractivity contribution in [2.45, 2.75) is 30.8 Å². The van der Waals surface area contributed by atoms with Crippen molar-refractivity contribution in [3.63, 3.8) is 0 Å². The summed E-state index contributed by atoms with van der Waals surface area (Å²) in [5.41, 5.74) is -1.81. The highest BCUT2D eigenvalue weighted by molar-refractivity contribution is 5.91. The average molecular weight is 265 g/mol. The van der Waals surface area contributed by atoms with Crippen LogP contribution in [0.1, 0.15) is 13.3 Å². The molecule has 0 unspecified atom stereocenters. The second kappa shape index (κ2) is 3.19. The minimum Gasteiger partial charge on any atom is -0.481 e. The number of carbonyl (C=O) groups excluding carboxylic acids is 1. The molecule has 1 spiro atoms. The maximum Gasteiger partial charge on any atom is 0.310 e. The quantitative estimate of drug-likeness (QED) is 0.675. The van der Waals surface area contributed by atoms with Gasteiger partial charge in [0, 0.05) is 6.54 Å². The van der Waals surface area contributed by atoms with Gasteiger partial charge in [-0.3, -0.25) is 9.59 Å². The van der Waals surface area contributed by atoms with E-state index in [0.29, 0.717) is 13.2 Å². The number of fused-ring (bicyclic) bond motifs is 2. The van der Waals surface area contributed by atoms with Crippen LogP contribution in [-0.4, -0.2) is 52.5 Å². The van der Waals surface area contributed by atoms with Crippen LogP contribution >= 0.6 is 0 Å². The number of carbonyl (C=O) groups is 2. The Morgan fingerprint density at radius 1 is 1.53 bits per heavy atom. The number of hydrogen-bond donors (Lipinski definition) is 1. The van der Waals surface area contributed by atoms with Crippen LogP contribution < -0.4 is 0 Å². The lowest BCUT2D eigenvalue weighted by molar-refractivity contribution is -0.179. The third kappa shape index (κ3) is 1.10. The van der Waals surface area contributed by atoms with E-state index in [-0.39, 0.29) is 5.91 Å². The van der Waals surface area contributed by atoms with Crippen molar-refractivity contribution < 1.29 is 24.2 Å². The van der Waals surface area contributed by atoms with Crippen LogP contribution in [0.3, 0.4) is 0 Å². The van der Waals surface area contributed by atoms with Crippen LogP contribution in [-0.2, 0) is 19.1 Å². The molecule has 0 saturated carbocycles. The normalized spacial score (nSPS) is 50.5. The third-order valence-electron chi connectivity index (χ3n) is 4.81. The van der Waals surface area contributed by atoms with E-state index < -0.39 is 35.2 Å². The van der Waals surface area contributed by atoms with E-state index >= 15 is 0 Å². The van der Waals surface area contributed by atoms with Crippen LogP contribution in [0.25, 0.3) is 0 Å². The summed E-state index contributed by atoms with van der Waals surface area (Å²) in [6, 6.07) is 0. The summed E-state index contributed by atoms with van der Waals surface area (Å²) in [5.74, 6) is -2.63. The van der Waals surface area contributed by atoms with Crippen molar-refractivity contribution in [3.05, 3.63) is 12.2 Å². The molecular formula is C13H15NO5. The molecule has 102 valence electrons. The molecule has 6 heteroatoms. The summed E-state index contributed by atoms with van der Waals surface area (Å²) in [7, 11) is 0. The summed E-state index contributed by atoms with van der Waals surface area (Å²) < 4.78 is 11.7. The van der Waals surface area contributed by atoms with Crippen molar-refractivity contribution in [3.8, 4) is 0 Å². The van der Waals surface area contributed by atoms with Gasteiger partial charge in [0.05, 0.1) is 18.1 Å². The van der Waals surface area contributed by atoms with Crippen LogP contribution in [0.2, 0.25) is 0 Å². The fourth-order valence-corrected chi connectivity index (χ4v) is 4.10. The summed E-state index contributed by atoms with van der Waals surface area (Å²) in [6.07, 6.45) is 3.92. The molecule has 4 heterocycles. The molecule has 0 aromatic carbocycles. The first kappa shape index (κ1) is 11.4. The van der Waals surface area contributed by atoms with Gasteiger partial charge in [0.1, 0.15) is 11.5 Å². The molecule has 0 aromatic heterocycles. The minimum absolute atomic E-state index is 0.148. The standard InChI is InChI=1S/C13H15NO5/c1-12-3-4-13(19-12)7(8(12)10(16)17)9(15)14-5-2-6-18-11(13)14/h3-4,7-8,11H,2,5-6H2,1H3,(H,16,17)/t7-,8+,11+,12-,13+/m0/s1. The van der Waals surface area contributed by atoms with Gasteiger partial charge in [-0.15, -0.1) is 0 Å². The van der Waals surface area contributed by atoms with Crippen LogP contribution in [0.15, 0.2) is 12.2 Å². The summed E-state index contributed by atoms with van der Waals surface area (Å²) in [6.45, 7) is 2.92. The molecule has 1 N–H and O–H groups in total. The zero-order chi connectivity index (χ0) is 13.4. The first-order valence-electron chi connectivity index (χ1n) is 6.55. The highest BCUT2D eigenvalue weighted by Crippen LogP contribution is 2.60. The molecule has 19 heavy (non-hydrogen) atoms. The van der Waals surface area contributed by atoms with E-state index in [1.807, 2.05) is 6.08 Å². The zero-order valence-electron chi connectivity index (χ0n) is 10.5. The second-order valence-electron chi connectivity index (χ2n) is 5.87. The Kier molecular flexibility index (Phi) is 1.92. The smallest absolute Gasteiger partial charge is 0.310 e. The van der Waals surface area contributed by atoms with E-state index in [2.05, 4.69) is 0 Å². The predicted octanol–water partition coefficient (Wildman–Crippen LogP) is -0.0105. The highest BCUT2D eigenvalue weighted by Gasteiger charge is 2.75. The van der Waals surface area contributed by atoms with E-state index in [1.165, 1.54) is 0 Å². The fraction of sp³-hybridized carbons (Fsp3) is 0.692. The lowest BCUT2D eigenvalue weighted by Crippen LogP contribution is -2.50. The molecule has 3 fully saturated rings. The molecule has 0 aromatic rings. The van der Waals surface area contributed by atoms with Crippen molar-refractivity contribution in [1.82, 2.24) is 4.90 Å². The lowest BCUT2D eigenvalue weighted by Gasteiger charge is -2.36. The number of carboxylic acid groups (broad SMARTS) is 1. The number of nitrogens with zero attached hydrogens (tertiary/aromatic N) is 1. The van der Waals surface area contributed by atoms with Gasteiger partial charge in [0.2, 0.25) is 5.91 Å². The number of aliphatic carboxylic acids is 1. The van der Waals surface area contributed by atoms with Gasteiger partial charge in [-0.25, -0.2) is 0 Å². The molecular weight excluding hydrogens is 250 g/mol. The lowest BCUT2D eigenvalue weighted by atomic mass is 9.72. The molecule has 6 nitrogen and oxygen atoms in total. The Balaban J connectivity index is 1.86. The fourth-order valence-electron chi connectivity index (χ4n) is 4.10. The summed E-state index contributed by atoms with van der Waals surface area (Å²) in [4.78, 5) is 25.7. The Hall–Kier alpha value is -1.40. The van der Waals surface area contributed by atoms with Crippen LogP contribution in [0.5, 0.6) is 0 Å². The first-order chi connectivity index (χ1) is 9.00. The molecule has 4 aliphatic heterocycles. The SMILES string of the molecule is C[C@@]12C=C[C@@]3(O1)[C@H](C(=O)N1CCCO[C@@H]13)[C@@H]2C(=O)O. The molecule has 5 atom stereocenters. The topological polar surface area (TPSA) is 76.1 Å². The Labute approximate surface area is 110 Å². The van der Waals surface area contributed by atoms with Crippen molar-refractivity contribution in [1.29, 1.82) is 0 Å².